The first-order chi connectivity index (χ1) is 10.6. The molecule has 0 saturated heterocycles. The van der Waals surface area contributed by atoms with Crippen LogP contribution in [-0.2, 0) is 11.2 Å². The Bertz CT molecular complexity index is 908. The van der Waals surface area contributed by atoms with Crippen LogP contribution in [0.3, 0.4) is 0 Å². The van der Waals surface area contributed by atoms with Crippen LogP contribution in [0.15, 0.2) is 35.1 Å². The van der Waals surface area contributed by atoms with Crippen molar-refractivity contribution in [1.82, 2.24) is 9.38 Å². The fourth-order valence-corrected chi connectivity index (χ4v) is 2.62. The molecule has 0 aliphatic carbocycles. The van der Waals surface area contributed by atoms with E-state index in [9.17, 15) is 9.59 Å². The monoisotopic (exact) mass is 300 g/mol. The number of ether oxygens (including phenoxy) is 1. The van der Waals surface area contributed by atoms with Crippen molar-refractivity contribution in [1.29, 1.82) is 0 Å². The highest BCUT2D eigenvalue weighted by Gasteiger charge is 2.11. The van der Waals surface area contributed by atoms with Crippen molar-refractivity contribution >= 4 is 22.5 Å². The molecule has 0 spiro atoms. The van der Waals surface area contributed by atoms with E-state index in [1.54, 1.807) is 18.2 Å². The summed E-state index contributed by atoms with van der Waals surface area (Å²) in [5, 5.41) is 8.85. The lowest BCUT2D eigenvalue weighted by molar-refractivity contribution is -0.136. The molecule has 0 bridgehead atoms. The third-order valence-corrected chi connectivity index (χ3v) is 3.56. The standard InChI is InChI=1S/C16H16N2O4/c1-2-22-11-5-7-13-12(9-11)17-16(21)14-6-3-10(18(13)14)4-8-15(19)20/h3,5-7,9H,2,4,8H2,1H3,(H,17,21)(H,19,20). The number of aromatic amines is 1. The molecule has 1 aromatic carbocycles. The van der Waals surface area contributed by atoms with E-state index in [0.29, 0.717) is 29.8 Å². The number of carboxylic acids is 1. The summed E-state index contributed by atoms with van der Waals surface area (Å²) in [5.41, 5.74) is 2.59. The van der Waals surface area contributed by atoms with E-state index in [4.69, 9.17) is 9.84 Å². The summed E-state index contributed by atoms with van der Waals surface area (Å²) in [6.45, 7) is 2.44. The quantitative estimate of drug-likeness (QED) is 0.756. The minimum atomic E-state index is -0.859. The molecule has 0 fully saturated rings. The number of hydrogen-bond acceptors (Lipinski definition) is 3. The molecule has 3 rings (SSSR count). The van der Waals surface area contributed by atoms with Crippen molar-refractivity contribution in [2.24, 2.45) is 0 Å². The number of carbonyl (C=O) groups is 1. The first kappa shape index (κ1) is 14.2. The Kier molecular flexibility index (Phi) is 3.58. The summed E-state index contributed by atoms with van der Waals surface area (Å²) in [6, 6.07) is 8.99. The number of nitrogens with one attached hydrogen (secondary N) is 1. The summed E-state index contributed by atoms with van der Waals surface area (Å²) >= 11 is 0. The minimum Gasteiger partial charge on any atom is -0.494 e. The van der Waals surface area contributed by atoms with Crippen LogP contribution in [0, 0.1) is 0 Å². The number of carboxylic acid groups (broad SMARTS) is 1. The van der Waals surface area contributed by atoms with Gasteiger partial charge >= 0.3 is 5.97 Å². The first-order valence-electron chi connectivity index (χ1n) is 7.11. The van der Waals surface area contributed by atoms with E-state index < -0.39 is 5.97 Å². The van der Waals surface area contributed by atoms with Gasteiger partial charge in [-0.05, 0) is 37.6 Å². The van der Waals surface area contributed by atoms with Gasteiger partial charge in [0.05, 0.1) is 24.1 Å². The highest BCUT2D eigenvalue weighted by atomic mass is 16.5. The largest absolute Gasteiger partial charge is 0.494 e. The maximum Gasteiger partial charge on any atom is 0.303 e. The predicted octanol–water partition coefficient (Wildman–Crippen LogP) is 2.20. The van der Waals surface area contributed by atoms with Gasteiger partial charge in [-0.2, -0.15) is 0 Å². The zero-order valence-electron chi connectivity index (χ0n) is 12.1. The lowest BCUT2D eigenvalue weighted by Gasteiger charge is -2.09. The molecule has 2 aromatic heterocycles. The zero-order chi connectivity index (χ0) is 15.7. The minimum absolute atomic E-state index is 0.0252. The Balaban J connectivity index is 2.21. The Hall–Kier alpha value is -2.76. The number of fused-ring (bicyclic) bond motifs is 3. The molecule has 6 nitrogen and oxygen atoms in total. The summed E-state index contributed by atoms with van der Waals surface area (Å²) in [4.78, 5) is 25.8. The average Bonchev–Trinajstić information content (AvgIpc) is 2.90. The molecule has 2 heterocycles. The highest BCUT2D eigenvalue weighted by molar-refractivity contribution is 5.80. The number of benzene rings is 1. The summed E-state index contributed by atoms with van der Waals surface area (Å²) in [7, 11) is 0. The van der Waals surface area contributed by atoms with Gasteiger partial charge < -0.3 is 19.2 Å². The van der Waals surface area contributed by atoms with E-state index in [-0.39, 0.29) is 12.0 Å². The molecule has 0 atom stereocenters. The van der Waals surface area contributed by atoms with Crippen LogP contribution >= 0.6 is 0 Å². The van der Waals surface area contributed by atoms with E-state index in [2.05, 4.69) is 4.98 Å². The first-order valence-corrected chi connectivity index (χ1v) is 7.11. The number of hydrogen-bond donors (Lipinski definition) is 2. The van der Waals surface area contributed by atoms with Gasteiger partial charge in [0.1, 0.15) is 11.3 Å². The van der Waals surface area contributed by atoms with Crippen molar-refractivity contribution in [2.75, 3.05) is 6.61 Å². The molecule has 0 radical (unpaired) electrons. The lowest BCUT2D eigenvalue weighted by atomic mass is 10.2. The zero-order valence-corrected chi connectivity index (χ0v) is 12.1. The van der Waals surface area contributed by atoms with Crippen LogP contribution in [0.2, 0.25) is 0 Å². The Morgan fingerprint density at radius 2 is 2.05 bits per heavy atom. The molecule has 114 valence electrons. The van der Waals surface area contributed by atoms with Gasteiger partial charge in [-0.3, -0.25) is 9.59 Å². The Morgan fingerprint density at radius 1 is 1.27 bits per heavy atom. The normalized spacial score (nSPS) is 11.1. The van der Waals surface area contributed by atoms with Gasteiger partial charge in [-0.25, -0.2) is 0 Å². The number of nitrogens with zero attached hydrogens (tertiary/aromatic N) is 1. The number of aryl methyl sites for hydroxylation is 1. The second-order valence-corrected chi connectivity index (χ2v) is 5.01. The third-order valence-electron chi connectivity index (χ3n) is 3.56. The molecule has 0 saturated carbocycles. The SMILES string of the molecule is CCOc1ccc2c(c1)[nH]c(=O)c1ccc(CCC(=O)O)n12. The molecular weight excluding hydrogens is 284 g/mol. The van der Waals surface area contributed by atoms with Gasteiger partial charge in [0.25, 0.3) is 5.56 Å². The van der Waals surface area contributed by atoms with Crippen LogP contribution in [0.4, 0.5) is 0 Å². The third kappa shape index (κ3) is 2.43. The van der Waals surface area contributed by atoms with Crippen LogP contribution in [0.5, 0.6) is 5.75 Å². The predicted molar refractivity (Wildman–Crippen MR) is 82.6 cm³/mol. The van der Waals surface area contributed by atoms with Crippen molar-refractivity contribution < 1.29 is 14.6 Å². The highest BCUT2D eigenvalue weighted by Crippen LogP contribution is 2.21. The van der Waals surface area contributed by atoms with Crippen molar-refractivity contribution in [3.63, 3.8) is 0 Å². The lowest BCUT2D eigenvalue weighted by Crippen LogP contribution is -2.11. The van der Waals surface area contributed by atoms with Crippen LogP contribution in [0.1, 0.15) is 19.0 Å². The number of aliphatic carboxylic acids is 1. The fourth-order valence-electron chi connectivity index (χ4n) is 2.62. The van der Waals surface area contributed by atoms with Gasteiger partial charge in [0.2, 0.25) is 0 Å². The molecule has 0 aliphatic rings. The average molecular weight is 300 g/mol. The van der Waals surface area contributed by atoms with E-state index in [1.165, 1.54) is 0 Å². The number of aromatic nitrogens is 2. The Labute approximate surface area is 126 Å². The molecule has 2 N–H and O–H groups in total. The van der Waals surface area contributed by atoms with Gasteiger partial charge in [-0.1, -0.05) is 0 Å². The number of rotatable bonds is 5. The van der Waals surface area contributed by atoms with Crippen LogP contribution < -0.4 is 10.3 Å². The van der Waals surface area contributed by atoms with Crippen molar-refractivity contribution in [2.45, 2.75) is 19.8 Å². The van der Waals surface area contributed by atoms with Gasteiger partial charge in [0.15, 0.2) is 0 Å². The molecule has 0 aliphatic heterocycles. The second kappa shape index (κ2) is 5.55. The summed E-state index contributed by atoms with van der Waals surface area (Å²) in [6.07, 6.45) is 0.396. The molecule has 3 aromatic rings. The molecular formula is C16H16N2O4. The van der Waals surface area contributed by atoms with E-state index in [0.717, 1.165) is 11.2 Å². The fraction of sp³-hybridized carbons (Fsp3) is 0.250. The topological polar surface area (TPSA) is 83.8 Å². The molecule has 22 heavy (non-hydrogen) atoms. The maximum absolute atomic E-state index is 12.2. The van der Waals surface area contributed by atoms with Gasteiger partial charge in [0, 0.05) is 11.8 Å². The smallest absolute Gasteiger partial charge is 0.303 e. The van der Waals surface area contributed by atoms with Crippen molar-refractivity contribution in [3.8, 4) is 5.75 Å². The van der Waals surface area contributed by atoms with E-state index >= 15 is 0 Å². The Morgan fingerprint density at radius 3 is 2.77 bits per heavy atom. The second-order valence-electron chi connectivity index (χ2n) is 5.01. The van der Waals surface area contributed by atoms with E-state index in [1.807, 2.05) is 23.5 Å². The summed E-state index contributed by atoms with van der Waals surface area (Å²) < 4.78 is 7.26. The van der Waals surface area contributed by atoms with Gasteiger partial charge in [-0.15, -0.1) is 0 Å². The van der Waals surface area contributed by atoms with Crippen LogP contribution in [0.25, 0.3) is 16.6 Å². The maximum atomic E-state index is 12.2. The van der Waals surface area contributed by atoms with Crippen LogP contribution in [-0.4, -0.2) is 27.1 Å². The molecule has 6 heteroatoms. The summed E-state index contributed by atoms with van der Waals surface area (Å²) in [5.74, 6) is -0.174. The molecule has 0 unspecified atom stereocenters. The van der Waals surface area contributed by atoms with Crippen molar-refractivity contribution in [3.05, 3.63) is 46.4 Å². The molecule has 0 amide bonds. The number of H-pyrrole nitrogens is 1.